The van der Waals surface area contributed by atoms with Gasteiger partial charge < -0.3 is 24.3 Å². The van der Waals surface area contributed by atoms with Crippen LogP contribution in [0.3, 0.4) is 0 Å². The number of ether oxygens (including phenoxy) is 4. The molecule has 0 unspecified atom stereocenters. The summed E-state index contributed by atoms with van der Waals surface area (Å²) < 4.78 is 21.6. The maximum absolute atomic E-state index is 5.72. The highest BCUT2D eigenvalue weighted by atomic mass is 35.5. The first kappa shape index (κ1) is 17.1. The number of halogens is 1. The summed E-state index contributed by atoms with van der Waals surface area (Å²) in [5.41, 5.74) is 0. The molecular weight excluding hydrogens is 270 g/mol. The Hall–Kier alpha value is 0.0900. The predicted octanol–water partition coefficient (Wildman–Crippen LogP) is 1.04. The van der Waals surface area contributed by atoms with Crippen LogP contribution in [-0.4, -0.2) is 71.3 Å². The third-order valence-electron chi connectivity index (χ3n) is 2.83. The van der Waals surface area contributed by atoms with Crippen molar-refractivity contribution in [1.29, 1.82) is 0 Å². The molecule has 1 N–H and O–H groups in total. The second-order valence-electron chi connectivity index (χ2n) is 4.35. The average Bonchev–Trinajstić information content (AvgIpc) is 2.46. The zero-order valence-corrected chi connectivity index (χ0v) is 12.3. The van der Waals surface area contributed by atoms with Crippen molar-refractivity contribution in [3.8, 4) is 0 Å². The minimum Gasteiger partial charge on any atom is -0.378 e. The van der Waals surface area contributed by atoms with Crippen molar-refractivity contribution in [3.05, 3.63) is 0 Å². The third kappa shape index (κ3) is 10.5. The van der Waals surface area contributed by atoms with Gasteiger partial charge in [-0.3, -0.25) is 0 Å². The van der Waals surface area contributed by atoms with Gasteiger partial charge in [-0.1, -0.05) is 0 Å². The lowest BCUT2D eigenvalue weighted by Gasteiger charge is -2.22. The van der Waals surface area contributed by atoms with Crippen molar-refractivity contribution in [2.75, 3.05) is 65.2 Å². The fraction of sp³-hybridized carbons (Fsp3) is 1.00. The van der Waals surface area contributed by atoms with Crippen molar-refractivity contribution in [2.45, 2.75) is 18.9 Å². The molecule has 19 heavy (non-hydrogen) atoms. The van der Waals surface area contributed by atoms with Gasteiger partial charge in [0.25, 0.3) is 0 Å². The van der Waals surface area contributed by atoms with Gasteiger partial charge in [-0.05, 0) is 25.9 Å². The first-order chi connectivity index (χ1) is 9.43. The van der Waals surface area contributed by atoms with Gasteiger partial charge >= 0.3 is 0 Å². The van der Waals surface area contributed by atoms with Crippen LogP contribution in [0, 0.1) is 0 Å². The lowest BCUT2D eigenvalue weighted by Crippen LogP contribution is -2.33. The van der Waals surface area contributed by atoms with Gasteiger partial charge in [0.2, 0.25) is 0 Å². The first-order valence-corrected chi connectivity index (χ1v) is 7.58. The lowest BCUT2D eigenvalue weighted by atomic mass is 10.1. The Balaban J connectivity index is 1.71. The van der Waals surface area contributed by atoms with Crippen LogP contribution in [0.4, 0.5) is 0 Å². The fourth-order valence-corrected chi connectivity index (χ4v) is 1.94. The molecule has 0 saturated carbocycles. The Morgan fingerprint density at radius 2 is 1.32 bits per heavy atom. The molecule has 0 atom stereocenters. The third-order valence-corrected chi connectivity index (χ3v) is 2.99. The van der Waals surface area contributed by atoms with E-state index >= 15 is 0 Å². The van der Waals surface area contributed by atoms with E-state index in [0.717, 1.165) is 25.9 Å². The van der Waals surface area contributed by atoms with Gasteiger partial charge in [0, 0.05) is 5.88 Å². The molecule has 1 fully saturated rings. The monoisotopic (exact) mass is 295 g/mol. The molecule has 0 radical (unpaired) electrons. The predicted molar refractivity (Wildman–Crippen MR) is 75.0 cm³/mol. The minimum absolute atomic E-state index is 0.403. The molecule has 1 saturated heterocycles. The zero-order valence-electron chi connectivity index (χ0n) is 11.6. The zero-order chi connectivity index (χ0) is 13.6. The summed E-state index contributed by atoms with van der Waals surface area (Å²) in [6.45, 7) is 6.38. The number of hydrogen-bond donors (Lipinski definition) is 1. The average molecular weight is 296 g/mol. The maximum Gasteiger partial charge on any atom is 0.0704 e. The molecule has 0 amide bonds. The van der Waals surface area contributed by atoms with Gasteiger partial charge in [0.05, 0.1) is 52.4 Å². The van der Waals surface area contributed by atoms with Crippen LogP contribution >= 0.6 is 11.6 Å². The van der Waals surface area contributed by atoms with Crippen LogP contribution in [0.15, 0.2) is 0 Å². The molecule has 0 aromatic rings. The Kier molecular flexibility index (Phi) is 11.8. The summed E-state index contributed by atoms with van der Waals surface area (Å²) in [4.78, 5) is 0. The van der Waals surface area contributed by atoms with Crippen LogP contribution < -0.4 is 5.32 Å². The van der Waals surface area contributed by atoms with E-state index in [-0.39, 0.29) is 0 Å². The Labute approximate surface area is 120 Å². The van der Waals surface area contributed by atoms with Crippen molar-refractivity contribution < 1.29 is 18.9 Å². The molecule has 0 aliphatic carbocycles. The highest BCUT2D eigenvalue weighted by molar-refractivity contribution is 6.17. The van der Waals surface area contributed by atoms with E-state index in [1.807, 2.05) is 0 Å². The maximum atomic E-state index is 5.72. The second-order valence-corrected chi connectivity index (χ2v) is 4.72. The van der Waals surface area contributed by atoms with Gasteiger partial charge in [-0.2, -0.15) is 0 Å². The SMILES string of the molecule is ClCCOCCOCCOCCOC1CCNCC1. The molecule has 1 heterocycles. The lowest BCUT2D eigenvalue weighted by molar-refractivity contribution is -0.0246. The molecule has 0 bridgehead atoms. The molecule has 1 aliphatic rings. The van der Waals surface area contributed by atoms with Gasteiger partial charge in [-0.25, -0.2) is 0 Å². The number of alkyl halides is 1. The van der Waals surface area contributed by atoms with Crippen molar-refractivity contribution in [2.24, 2.45) is 0 Å². The Morgan fingerprint density at radius 3 is 1.89 bits per heavy atom. The second kappa shape index (κ2) is 13.1. The molecular formula is C13H26ClNO4. The van der Waals surface area contributed by atoms with E-state index in [1.165, 1.54) is 0 Å². The molecule has 5 nitrogen and oxygen atoms in total. The summed E-state index contributed by atoms with van der Waals surface area (Å²) >= 11 is 5.47. The molecule has 0 aromatic heterocycles. The van der Waals surface area contributed by atoms with Crippen LogP contribution in [0.1, 0.15) is 12.8 Å². The van der Waals surface area contributed by atoms with E-state index in [2.05, 4.69) is 5.32 Å². The van der Waals surface area contributed by atoms with E-state index in [9.17, 15) is 0 Å². The smallest absolute Gasteiger partial charge is 0.0704 e. The first-order valence-electron chi connectivity index (χ1n) is 7.05. The van der Waals surface area contributed by atoms with Crippen molar-refractivity contribution in [1.82, 2.24) is 5.32 Å². The molecule has 1 rings (SSSR count). The Bertz CT molecular complexity index is 191. The summed E-state index contributed by atoms with van der Waals surface area (Å²) in [6, 6.07) is 0. The number of piperidine rings is 1. The van der Waals surface area contributed by atoms with Crippen molar-refractivity contribution in [3.63, 3.8) is 0 Å². The highest BCUT2D eigenvalue weighted by Gasteiger charge is 2.12. The summed E-state index contributed by atoms with van der Waals surface area (Å²) in [5.74, 6) is 0.528. The van der Waals surface area contributed by atoms with Crippen LogP contribution in [0.25, 0.3) is 0 Å². The molecule has 0 aromatic carbocycles. The number of hydrogen-bond acceptors (Lipinski definition) is 5. The van der Waals surface area contributed by atoms with E-state index < -0.39 is 0 Å². The molecule has 114 valence electrons. The van der Waals surface area contributed by atoms with Gasteiger partial charge in [0.1, 0.15) is 0 Å². The largest absolute Gasteiger partial charge is 0.378 e. The van der Waals surface area contributed by atoms with Crippen molar-refractivity contribution >= 4 is 11.6 Å². The summed E-state index contributed by atoms with van der Waals surface area (Å²) in [6.07, 6.45) is 2.61. The molecule has 6 heteroatoms. The number of nitrogens with one attached hydrogen (secondary N) is 1. The fourth-order valence-electron chi connectivity index (χ4n) is 1.83. The quantitative estimate of drug-likeness (QED) is 0.431. The molecule has 1 aliphatic heterocycles. The minimum atomic E-state index is 0.403. The standard InChI is InChI=1S/C13H26ClNO4/c14-3-6-16-7-8-17-9-10-18-11-12-19-13-1-4-15-5-2-13/h13,15H,1-12H2. The van der Waals surface area contributed by atoms with Crippen LogP contribution in [0.5, 0.6) is 0 Å². The van der Waals surface area contributed by atoms with Crippen LogP contribution in [0.2, 0.25) is 0 Å². The van der Waals surface area contributed by atoms with E-state index in [0.29, 0.717) is 58.2 Å². The Morgan fingerprint density at radius 1 is 0.789 bits per heavy atom. The van der Waals surface area contributed by atoms with E-state index in [1.54, 1.807) is 0 Å². The topological polar surface area (TPSA) is 49.0 Å². The highest BCUT2D eigenvalue weighted by Crippen LogP contribution is 2.06. The normalized spacial score (nSPS) is 16.9. The number of rotatable bonds is 12. The van der Waals surface area contributed by atoms with Gasteiger partial charge in [-0.15, -0.1) is 11.6 Å². The van der Waals surface area contributed by atoms with Gasteiger partial charge in [0.15, 0.2) is 0 Å². The van der Waals surface area contributed by atoms with Crippen LogP contribution in [-0.2, 0) is 18.9 Å². The molecule has 0 spiro atoms. The summed E-state index contributed by atoms with van der Waals surface area (Å²) in [5, 5.41) is 3.31. The summed E-state index contributed by atoms with van der Waals surface area (Å²) in [7, 11) is 0. The van der Waals surface area contributed by atoms with E-state index in [4.69, 9.17) is 30.5 Å².